The monoisotopic (exact) mass is 438 g/mol. The molecule has 1 aliphatic rings. The van der Waals surface area contributed by atoms with Crippen LogP contribution in [0.5, 0.6) is 17.2 Å². The lowest BCUT2D eigenvalue weighted by Crippen LogP contribution is -2.32. The lowest BCUT2D eigenvalue weighted by Gasteiger charge is -2.19. The number of para-hydroxylation sites is 1. The SMILES string of the molecule is CCOC(=O)[C@@H]1Oc2c(c(=O)oc3ccccc23)[C@@H]1c1ccc(OCC(C)C)c(OC)c1. The van der Waals surface area contributed by atoms with E-state index in [1.54, 1.807) is 44.4 Å². The van der Waals surface area contributed by atoms with Crippen molar-refractivity contribution in [3.8, 4) is 17.2 Å². The topological polar surface area (TPSA) is 84.2 Å². The van der Waals surface area contributed by atoms with Gasteiger partial charge in [-0.3, -0.25) is 0 Å². The molecule has 0 saturated heterocycles. The van der Waals surface area contributed by atoms with Crippen LogP contribution in [0.15, 0.2) is 51.7 Å². The second-order valence-corrected chi connectivity index (χ2v) is 8.01. The first-order chi connectivity index (χ1) is 15.4. The van der Waals surface area contributed by atoms with Crippen LogP contribution in [0.3, 0.4) is 0 Å². The summed E-state index contributed by atoms with van der Waals surface area (Å²) in [5.74, 6) is 0.528. The molecule has 2 heterocycles. The molecule has 7 heteroatoms. The van der Waals surface area contributed by atoms with Gasteiger partial charge < -0.3 is 23.4 Å². The minimum Gasteiger partial charge on any atom is -0.493 e. The van der Waals surface area contributed by atoms with Crippen molar-refractivity contribution in [1.29, 1.82) is 0 Å². The molecule has 168 valence electrons. The highest BCUT2D eigenvalue weighted by Crippen LogP contribution is 2.46. The van der Waals surface area contributed by atoms with Gasteiger partial charge in [0.1, 0.15) is 11.3 Å². The molecular formula is C25H26O7. The van der Waals surface area contributed by atoms with Gasteiger partial charge in [0.2, 0.25) is 6.10 Å². The number of carbonyl (C=O) groups is 1. The molecule has 1 aliphatic heterocycles. The van der Waals surface area contributed by atoms with Gasteiger partial charge in [-0.15, -0.1) is 0 Å². The Kier molecular flexibility index (Phi) is 6.08. The number of methoxy groups -OCH3 is 1. The fourth-order valence-corrected chi connectivity index (χ4v) is 3.88. The van der Waals surface area contributed by atoms with E-state index < -0.39 is 23.6 Å². The Morgan fingerprint density at radius 3 is 2.62 bits per heavy atom. The lowest BCUT2D eigenvalue weighted by molar-refractivity contribution is -0.151. The summed E-state index contributed by atoms with van der Waals surface area (Å²) in [5.41, 5.74) is 0.807. The highest BCUT2D eigenvalue weighted by atomic mass is 16.6. The smallest absolute Gasteiger partial charge is 0.348 e. The number of carbonyl (C=O) groups excluding carboxylic acids is 1. The van der Waals surface area contributed by atoms with E-state index in [1.807, 2.05) is 12.1 Å². The van der Waals surface area contributed by atoms with E-state index >= 15 is 0 Å². The number of ether oxygens (including phenoxy) is 4. The van der Waals surface area contributed by atoms with E-state index in [2.05, 4.69) is 13.8 Å². The molecule has 0 aliphatic carbocycles. The fourth-order valence-electron chi connectivity index (χ4n) is 3.88. The first-order valence-electron chi connectivity index (χ1n) is 10.6. The van der Waals surface area contributed by atoms with Crippen LogP contribution in [0.2, 0.25) is 0 Å². The zero-order valence-electron chi connectivity index (χ0n) is 18.5. The van der Waals surface area contributed by atoms with Crippen LogP contribution in [0.25, 0.3) is 11.0 Å². The summed E-state index contributed by atoms with van der Waals surface area (Å²) in [6.07, 6.45) is -1.02. The summed E-state index contributed by atoms with van der Waals surface area (Å²) in [6, 6.07) is 12.4. The summed E-state index contributed by atoms with van der Waals surface area (Å²) >= 11 is 0. The zero-order chi connectivity index (χ0) is 22.8. The molecule has 7 nitrogen and oxygen atoms in total. The number of rotatable bonds is 7. The third kappa shape index (κ3) is 3.90. The van der Waals surface area contributed by atoms with Crippen LogP contribution in [0, 0.1) is 5.92 Å². The maximum Gasteiger partial charge on any atom is 0.348 e. The van der Waals surface area contributed by atoms with Crippen LogP contribution in [0.1, 0.15) is 37.8 Å². The summed E-state index contributed by atoms with van der Waals surface area (Å²) in [6.45, 7) is 6.57. The van der Waals surface area contributed by atoms with Crippen molar-refractivity contribution in [3.63, 3.8) is 0 Å². The Bertz CT molecular complexity index is 1190. The van der Waals surface area contributed by atoms with Gasteiger partial charge in [0.25, 0.3) is 0 Å². The maximum atomic E-state index is 13.0. The number of fused-ring (bicyclic) bond motifs is 3. The number of hydrogen-bond acceptors (Lipinski definition) is 7. The van der Waals surface area contributed by atoms with Crippen LogP contribution in [0.4, 0.5) is 0 Å². The molecule has 32 heavy (non-hydrogen) atoms. The molecule has 0 unspecified atom stereocenters. The minimum atomic E-state index is -1.02. The van der Waals surface area contributed by atoms with Gasteiger partial charge in [0.05, 0.1) is 37.2 Å². The highest BCUT2D eigenvalue weighted by molar-refractivity contribution is 5.88. The average molecular weight is 438 g/mol. The molecule has 0 N–H and O–H groups in total. The zero-order valence-corrected chi connectivity index (χ0v) is 18.5. The normalized spacial score (nSPS) is 17.2. The van der Waals surface area contributed by atoms with Gasteiger partial charge in [-0.05, 0) is 42.7 Å². The molecule has 0 radical (unpaired) electrons. The summed E-state index contributed by atoms with van der Waals surface area (Å²) in [4.78, 5) is 25.8. The van der Waals surface area contributed by atoms with E-state index in [0.717, 1.165) is 0 Å². The number of esters is 1. The molecule has 0 bridgehead atoms. The average Bonchev–Trinajstić information content (AvgIpc) is 3.19. The molecule has 0 amide bonds. The van der Waals surface area contributed by atoms with E-state index in [9.17, 15) is 9.59 Å². The first-order valence-corrected chi connectivity index (χ1v) is 10.6. The van der Waals surface area contributed by atoms with Crippen LogP contribution in [-0.4, -0.2) is 32.4 Å². The van der Waals surface area contributed by atoms with Crippen molar-refractivity contribution in [3.05, 3.63) is 64.0 Å². The van der Waals surface area contributed by atoms with Crippen molar-refractivity contribution in [2.24, 2.45) is 5.92 Å². The summed E-state index contributed by atoms with van der Waals surface area (Å²) in [7, 11) is 1.55. The van der Waals surface area contributed by atoms with Crippen LogP contribution in [-0.2, 0) is 9.53 Å². The van der Waals surface area contributed by atoms with E-state index in [4.69, 9.17) is 23.4 Å². The largest absolute Gasteiger partial charge is 0.493 e. The van der Waals surface area contributed by atoms with Gasteiger partial charge in [0, 0.05) is 0 Å². The van der Waals surface area contributed by atoms with Gasteiger partial charge in [-0.2, -0.15) is 0 Å². The Labute approximate surface area is 185 Å². The van der Waals surface area contributed by atoms with E-state index in [-0.39, 0.29) is 6.61 Å². The molecule has 2 aromatic carbocycles. The van der Waals surface area contributed by atoms with E-state index in [0.29, 0.717) is 51.9 Å². The third-order valence-electron chi connectivity index (χ3n) is 5.30. The second kappa shape index (κ2) is 8.94. The predicted molar refractivity (Wildman–Crippen MR) is 119 cm³/mol. The highest BCUT2D eigenvalue weighted by Gasteiger charge is 2.45. The van der Waals surface area contributed by atoms with Crippen LogP contribution >= 0.6 is 0 Å². The minimum absolute atomic E-state index is 0.197. The van der Waals surface area contributed by atoms with Crippen molar-refractivity contribution in [1.82, 2.24) is 0 Å². The van der Waals surface area contributed by atoms with Crippen molar-refractivity contribution < 1.29 is 28.2 Å². The molecule has 1 aromatic heterocycles. The van der Waals surface area contributed by atoms with Gasteiger partial charge >= 0.3 is 11.6 Å². The first kappa shape index (κ1) is 21.7. The lowest BCUT2D eigenvalue weighted by atomic mass is 9.88. The number of hydrogen-bond donors (Lipinski definition) is 0. The molecule has 4 rings (SSSR count). The van der Waals surface area contributed by atoms with Crippen molar-refractivity contribution >= 4 is 16.9 Å². The van der Waals surface area contributed by atoms with Gasteiger partial charge in [-0.1, -0.05) is 32.0 Å². The Morgan fingerprint density at radius 2 is 1.91 bits per heavy atom. The molecule has 0 spiro atoms. The Balaban J connectivity index is 1.85. The molecule has 0 fully saturated rings. The predicted octanol–water partition coefficient (Wildman–Crippen LogP) is 4.29. The van der Waals surface area contributed by atoms with Crippen LogP contribution < -0.4 is 19.8 Å². The van der Waals surface area contributed by atoms with Gasteiger partial charge in [-0.25, -0.2) is 9.59 Å². The standard InChI is InChI=1S/C25H26O7/c1-5-29-25(27)23-20(15-10-11-18(19(12-15)28-4)30-13-14(2)3)21-22(32-23)16-8-6-7-9-17(16)31-24(21)26/h6-12,14,20,23H,5,13H2,1-4H3/t20-,23+/m0/s1. The van der Waals surface area contributed by atoms with E-state index in [1.165, 1.54) is 0 Å². The fraction of sp³-hybridized carbons (Fsp3) is 0.360. The second-order valence-electron chi connectivity index (χ2n) is 8.01. The number of benzene rings is 2. The molecule has 2 atom stereocenters. The van der Waals surface area contributed by atoms with Crippen molar-refractivity contribution in [2.45, 2.75) is 32.8 Å². The molecule has 0 saturated carbocycles. The third-order valence-corrected chi connectivity index (χ3v) is 5.30. The van der Waals surface area contributed by atoms with Gasteiger partial charge in [0.15, 0.2) is 11.5 Å². The Hall–Kier alpha value is -3.48. The van der Waals surface area contributed by atoms with Crippen molar-refractivity contribution in [2.75, 3.05) is 20.3 Å². The summed E-state index contributed by atoms with van der Waals surface area (Å²) in [5, 5.41) is 0.628. The maximum absolute atomic E-state index is 13.0. The molecule has 3 aromatic rings. The summed E-state index contributed by atoms with van der Waals surface area (Å²) < 4.78 is 28.2. The molecular weight excluding hydrogens is 412 g/mol. The quantitative estimate of drug-likeness (QED) is 0.402. The Morgan fingerprint density at radius 1 is 1.12 bits per heavy atom.